The van der Waals surface area contributed by atoms with E-state index in [0.29, 0.717) is 43.8 Å². The number of hydrogen-bond acceptors (Lipinski definition) is 5. The molecule has 7 heteroatoms. The van der Waals surface area contributed by atoms with Crippen LogP contribution in [0.3, 0.4) is 0 Å². The molecule has 0 bridgehead atoms. The molecule has 2 aliphatic heterocycles. The molecule has 1 amide bonds. The summed E-state index contributed by atoms with van der Waals surface area (Å²) >= 11 is 0. The fourth-order valence-corrected chi connectivity index (χ4v) is 4.30. The fraction of sp³-hybridized carbons (Fsp3) is 0.722. The molecule has 6 nitrogen and oxygen atoms in total. The van der Waals surface area contributed by atoms with Gasteiger partial charge in [-0.05, 0) is 31.1 Å². The summed E-state index contributed by atoms with van der Waals surface area (Å²) < 4.78 is 19.0. The molecule has 0 radical (unpaired) electrons. The zero-order chi connectivity index (χ0) is 17.4. The lowest BCUT2D eigenvalue weighted by Gasteiger charge is -2.38. The van der Waals surface area contributed by atoms with E-state index < -0.39 is 5.95 Å². The highest BCUT2D eigenvalue weighted by Gasteiger charge is 2.48. The number of rotatable bonds is 4. The van der Waals surface area contributed by atoms with Crippen molar-refractivity contribution in [3.8, 4) is 0 Å². The first-order valence-corrected chi connectivity index (χ1v) is 9.15. The van der Waals surface area contributed by atoms with Crippen LogP contribution in [-0.2, 0) is 9.53 Å². The molecule has 1 aliphatic carbocycles. The summed E-state index contributed by atoms with van der Waals surface area (Å²) in [5.41, 5.74) is -0.0233. The maximum absolute atomic E-state index is 13.5. The van der Waals surface area contributed by atoms with Crippen molar-refractivity contribution in [2.45, 2.75) is 38.6 Å². The number of halogens is 1. The third-order valence-electron chi connectivity index (χ3n) is 6.14. The SMILES string of the molecule is CC1CC1CC(=O)NC1CN(c2cc(F)ncn2)CC12CCOCC2. The summed E-state index contributed by atoms with van der Waals surface area (Å²) in [5.74, 6) is 1.42. The van der Waals surface area contributed by atoms with Crippen LogP contribution >= 0.6 is 0 Å². The predicted molar refractivity (Wildman–Crippen MR) is 90.5 cm³/mol. The smallest absolute Gasteiger partial charge is 0.220 e. The van der Waals surface area contributed by atoms with Crippen LogP contribution in [0.4, 0.5) is 10.2 Å². The van der Waals surface area contributed by atoms with Gasteiger partial charge >= 0.3 is 0 Å². The van der Waals surface area contributed by atoms with Crippen LogP contribution in [0.15, 0.2) is 12.4 Å². The number of amides is 1. The first-order valence-electron chi connectivity index (χ1n) is 9.15. The minimum absolute atomic E-state index is 0.0233. The highest BCUT2D eigenvalue weighted by atomic mass is 19.1. The Morgan fingerprint density at radius 2 is 2.20 bits per heavy atom. The standard InChI is InChI=1S/C18H25FN4O2/c1-12-6-13(12)7-17(24)22-14-9-23(16-8-15(19)20-11-21-16)10-18(14)2-4-25-5-3-18/h8,11-14H,2-7,9-10H2,1H3,(H,22,24). The van der Waals surface area contributed by atoms with Crippen molar-refractivity contribution in [1.29, 1.82) is 0 Å². The van der Waals surface area contributed by atoms with E-state index in [0.717, 1.165) is 25.8 Å². The molecule has 3 unspecified atom stereocenters. The largest absolute Gasteiger partial charge is 0.381 e. The van der Waals surface area contributed by atoms with Gasteiger partial charge in [-0.3, -0.25) is 4.79 Å². The average Bonchev–Trinajstić information content (AvgIpc) is 3.17. The second-order valence-corrected chi connectivity index (χ2v) is 7.85. The van der Waals surface area contributed by atoms with E-state index in [2.05, 4.69) is 27.1 Å². The van der Waals surface area contributed by atoms with Crippen LogP contribution in [-0.4, -0.2) is 48.2 Å². The van der Waals surface area contributed by atoms with Gasteiger partial charge in [0.2, 0.25) is 11.9 Å². The highest BCUT2D eigenvalue weighted by molar-refractivity contribution is 5.77. The second-order valence-electron chi connectivity index (χ2n) is 7.85. The lowest BCUT2D eigenvalue weighted by Crippen LogP contribution is -2.49. The maximum Gasteiger partial charge on any atom is 0.220 e. The lowest BCUT2D eigenvalue weighted by molar-refractivity contribution is -0.123. The minimum atomic E-state index is -0.527. The van der Waals surface area contributed by atoms with E-state index in [9.17, 15) is 9.18 Å². The van der Waals surface area contributed by atoms with Crippen LogP contribution in [0, 0.1) is 23.2 Å². The van der Waals surface area contributed by atoms with Crippen LogP contribution in [0.25, 0.3) is 0 Å². The fourth-order valence-electron chi connectivity index (χ4n) is 4.30. The summed E-state index contributed by atoms with van der Waals surface area (Å²) in [7, 11) is 0. The van der Waals surface area contributed by atoms with Crippen molar-refractivity contribution in [3.63, 3.8) is 0 Å². The zero-order valence-corrected chi connectivity index (χ0v) is 14.6. The van der Waals surface area contributed by atoms with E-state index >= 15 is 0 Å². The van der Waals surface area contributed by atoms with Crippen LogP contribution in [0.5, 0.6) is 0 Å². The number of carbonyl (C=O) groups excluding carboxylic acids is 1. The Kier molecular flexibility index (Phi) is 4.35. The van der Waals surface area contributed by atoms with E-state index in [1.54, 1.807) is 0 Å². The summed E-state index contributed by atoms with van der Waals surface area (Å²) in [5, 5.41) is 3.27. The molecule has 136 valence electrons. The van der Waals surface area contributed by atoms with Gasteiger partial charge in [-0.1, -0.05) is 6.92 Å². The first-order chi connectivity index (χ1) is 12.1. The van der Waals surface area contributed by atoms with Gasteiger partial charge in [-0.15, -0.1) is 0 Å². The highest BCUT2D eigenvalue weighted by Crippen LogP contribution is 2.43. The molecule has 4 rings (SSSR count). The van der Waals surface area contributed by atoms with Gasteiger partial charge in [0.1, 0.15) is 12.1 Å². The predicted octanol–water partition coefficient (Wildman–Crippen LogP) is 1.76. The van der Waals surface area contributed by atoms with Crippen molar-refractivity contribution < 1.29 is 13.9 Å². The Labute approximate surface area is 147 Å². The van der Waals surface area contributed by atoms with Crippen LogP contribution in [0.1, 0.15) is 32.6 Å². The molecule has 1 aromatic heterocycles. The molecule has 25 heavy (non-hydrogen) atoms. The molecule has 3 fully saturated rings. The Morgan fingerprint density at radius 3 is 2.88 bits per heavy atom. The maximum atomic E-state index is 13.5. The molecule has 1 N–H and O–H groups in total. The Hall–Kier alpha value is -1.76. The molecule has 1 saturated carbocycles. The second kappa shape index (κ2) is 6.52. The molecule has 1 spiro atoms. The van der Waals surface area contributed by atoms with Crippen LogP contribution < -0.4 is 10.2 Å². The van der Waals surface area contributed by atoms with Crippen LogP contribution in [0.2, 0.25) is 0 Å². The molecule has 1 aromatic rings. The number of anilines is 1. The minimum Gasteiger partial charge on any atom is -0.381 e. The normalized spacial score (nSPS) is 30.5. The molecule has 2 saturated heterocycles. The third-order valence-corrected chi connectivity index (χ3v) is 6.14. The van der Waals surface area contributed by atoms with E-state index in [1.165, 1.54) is 12.4 Å². The summed E-state index contributed by atoms with van der Waals surface area (Å²) in [6, 6.07) is 1.42. The molecule has 3 aliphatic rings. The van der Waals surface area contributed by atoms with Gasteiger partial charge in [0.15, 0.2) is 0 Å². The molecule has 3 heterocycles. The number of nitrogens with one attached hydrogen (secondary N) is 1. The van der Waals surface area contributed by atoms with Gasteiger partial charge < -0.3 is 15.0 Å². The van der Waals surface area contributed by atoms with Gasteiger partial charge in [-0.25, -0.2) is 9.97 Å². The summed E-state index contributed by atoms with van der Waals surface area (Å²) in [4.78, 5) is 22.3. The monoisotopic (exact) mass is 348 g/mol. The van der Waals surface area contributed by atoms with Crippen molar-refractivity contribution in [2.75, 3.05) is 31.2 Å². The summed E-state index contributed by atoms with van der Waals surface area (Å²) in [6.45, 7) is 5.02. The molecule has 0 aromatic carbocycles. The Morgan fingerprint density at radius 1 is 1.44 bits per heavy atom. The quantitative estimate of drug-likeness (QED) is 0.840. The van der Waals surface area contributed by atoms with Crippen molar-refractivity contribution in [1.82, 2.24) is 15.3 Å². The molecule has 3 atom stereocenters. The number of carbonyl (C=O) groups is 1. The first kappa shape index (κ1) is 16.7. The van der Waals surface area contributed by atoms with Crippen molar-refractivity contribution >= 4 is 11.7 Å². The van der Waals surface area contributed by atoms with Gasteiger partial charge in [0.05, 0.1) is 6.04 Å². The third kappa shape index (κ3) is 3.47. The van der Waals surface area contributed by atoms with E-state index in [-0.39, 0.29) is 17.4 Å². The number of ether oxygens (including phenoxy) is 1. The van der Waals surface area contributed by atoms with E-state index in [1.807, 2.05) is 0 Å². The van der Waals surface area contributed by atoms with Crippen molar-refractivity contribution in [2.24, 2.45) is 17.3 Å². The molecular weight excluding hydrogens is 323 g/mol. The van der Waals surface area contributed by atoms with Crippen molar-refractivity contribution in [3.05, 3.63) is 18.3 Å². The number of nitrogens with zero attached hydrogens (tertiary/aromatic N) is 3. The lowest BCUT2D eigenvalue weighted by atomic mass is 9.76. The Bertz CT molecular complexity index is 650. The topological polar surface area (TPSA) is 67.4 Å². The summed E-state index contributed by atoms with van der Waals surface area (Å²) in [6.07, 6.45) is 4.83. The Balaban J connectivity index is 1.49. The number of aromatic nitrogens is 2. The van der Waals surface area contributed by atoms with Gasteiger partial charge in [0.25, 0.3) is 0 Å². The van der Waals surface area contributed by atoms with Gasteiger partial charge in [-0.2, -0.15) is 4.39 Å². The molecular formula is C18H25FN4O2. The van der Waals surface area contributed by atoms with Gasteiger partial charge in [0, 0.05) is 44.2 Å². The zero-order valence-electron chi connectivity index (χ0n) is 14.6. The average molecular weight is 348 g/mol. The number of hydrogen-bond donors (Lipinski definition) is 1. The van der Waals surface area contributed by atoms with E-state index in [4.69, 9.17) is 4.74 Å².